The number of hydrogen-bond acceptors (Lipinski definition) is 4. The van der Waals surface area contributed by atoms with E-state index in [1.54, 1.807) is 19.1 Å². The molecule has 20 heavy (non-hydrogen) atoms. The van der Waals surface area contributed by atoms with Gasteiger partial charge in [0.1, 0.15) is 5.75 Å². The molecule has 0 bridgehead atoms. The first kappa shape index (κ1) is 16.4. The van der Waals surface area contributed by atoms with Crippen molar-refractivity contribution in [1.29, 1.82) is 0 Å². The number of carboxylic acids is 1. The zero-order valence-electron chi connectivity index (χ0n) is 11.5. The summed E-state index contributed by atoms with van der Waals surface area (Å²) in [7, 11) is -1.36. The normalized spacial score (nSPS) is 13.5. The van der Waals surface area contributed by atoms with Gasteiger partial charge < -0.3 is 9.84 Å². The molecule has 0 spiro atoms. The highest BCUT2D eigenvalue weighted by Gasteiger charge is 2.13. The van der Waals surface area contributed by atoms with E-state index >= 15 is 0 Å². The zero-order chi connectivity index (χ0) is 15.1. The topological polar surface area (TPSA) is 80.7 Å². The molecule has 110 valence electrons. The Morgan fingerprint density at radius 1 is 1.30 bits per heavy atom. The quantitative estimate of drug-likeness (QED) is 0.778. The summed E-state index contributed by atoms with van der Waals surface area (Å²) in [6.45, 7) is 3.68. The minimum Gasteiger partial charge on any atom is -0.478 e. The lowest BCUT2D eigenvalue weighted by molar-refractivity contribution is -0.145. The second-order valence-corrected chi connectivity index (χ2v) is 5.90. The number of hydrogen-bond donors (Lipinski definition) is 1. The van der Waals surface area contributed by atoms with E-state index in [4.69, 9.17) is 9.84 Å². The van der Waals surface area contributed by atoms with Crippen LogP contribution in [0, 0.1) is 0 Å². The molecule has 6 heteroatoms. The molecule has 1 aromatic rings. The van der Waals surface area contributed by atoms with Gasteiger partial charge in [0, 0.05) is 16.6 Å². The molecule has 0 amide bonds. The van der Waals surface area contributed by atoms with Gasteiger partial charge in [-0.25, -0.2) is 4.79 Å². The number of aromatic carboxylic acids is 1. The van der Waals surface area contributed by atoms with Gasteiger partial charge in [0.2, 0.25) is 0 Å². The molecule has 5 nitrogen and oxygen atoms in total. The van der Waals surface area contributed by atoms with Crippen LogP contribution >= 0.6 is 0 Å². The Hall–Kier alpha value is -1.69. The molecule has 0 saturated carbocycles. The van der Waals surface area contributed by atoms with E-state index in [9.17, 15) is 13.8 Å². The van der Waals surface area contributed by atoms with Crippen molar-refractivity contribution in [2.24, 2.45) is 0 Å². The fourth-order valence-corrected chi connectivity index (χ4v) is 2.45. The fourth-order valence-electron chi connectivity index (χ4n) is 1.45. The number of rotatable bonds is 7. The third kappa shape index (κ3) is 5.52. The number of carboxylic acid groups (broad SMARTS) is 1. The smallest absolute Gasteiger partial charge is 0.335 e. The molecule has 0 heterocycles. The zero-order valence-corrected chi connectivity index (χ0v) is 12.3. The summed E-state index contributed by atoms with van der Waals surface area (Å²) in [4.78, 5) is 22.2. The molecule has 2 unspecified atom stereocenters. The van der Waals surface area contributed by atoms with Crippen LogP contribution in [0.2, 0.25) is 0 Å². The molecular weight excluding hydrogens is 280 g/mol. The SMILES string of the molecule is CCC(C)OC(=O)CS(=O)Cc1ccc(C(=O)O)cc1. The van der Waals surface area contributed by atoms with Gasteiger partial charge in [-0.1, -0.05) is 19.1 Å². The number of benzene rings is 1. The van der Waals surface area contributed by atoms with Crippen molar-refractivity contribution in [3.8, 4) is 0 Å². The summed E-state index contributed by atoms with van der Waals surface area (Å²) in [5, 5.41) is 8.76. The Morgan fingerprint density at radius 3 is 2.40 bits per heavy atom. The van der Waals surface area contributed by atoms with Crippen LogP contribution in [0.1, 0.15) is 36.2 Å². The van der Waals surface area contributed by atoms with Gasteiger partial charge in [-0.15, -0.1) is 0 Å². The van der Waals surface area contributed by atoms with Crippen molar-refractivity contribution < 1.29 is 23.6 Å². The Labute approximate surface area is 120 Å². The van der Waals surface area contributed by atoms with Crippen LogP contribution in [-0.2, 0) is 26.1 Å². The summed E-state index contributed by atoms with van der Waals surface area (Å²) < 4.78 is 16.9. The van der Waals surface area contributed by atoms with E-state index in [-0.39, 0.29) is 23.2 Å². The minimum atomic E-state index is -1.36. The highest BCUT2D eigenvalue weighted by atomic mass is 32.2. The molecule has 1 N–H and O–H groups in total. The van der Waals surface area contributed by atoms with E-state index in [0.717, 1.165) is 12.0 Å². The molecular formula is C14H18O5S. The third-order valence-electron chi connectivity index (χ3n) is 2.71. The third-order valence-corrected chi connectivity index (χ3v) is 3.93. The Balaban J connectivity index is 2.50. The predicted octanol–water partition coefficient (Wildman–Crippen LogP) is 1.98. The lowest BCUT2D eigenvalue weighted by atomic mass is 10.1. The van der Waals surface area contributed by atoms with E-state index in [1.807, 2.05) is 6.92 Å². The Kier molecular flexibility index (Phi) is 6.38. The van der Waals surface area contributed by atoms with Gasteiger partial charge in [-0.2, -0.15) is 0 Å². The van der Waals surface area contributed by atoms with Crippen LogP contribution < -0.4 is 0 Å². The van der Waals surface area contributed by atoms with E-state index < -0.39 is 22.7 Å². The fraction of sp³-hybridized carbons (Fsp3) is 0.429. The van der Waals surface area contributed by atoms with Gasteiger partial charge in [0.15, 0.2) is 0 Å². The largest absolute Gasteiger partial charge is 0.478 e. The average Bonchev–Trinajstić information content (AvgIpc) is 2.38. The maximum atomic E-state index is 11.8. The predicted molar refractivity (Wildman–Crippen MR) is 76.0 cm³/mol. The first-order valence-corrected chi connectivity index (χ1v) is 7.77. The number of ether oxygens (including phenoxy) is 1. The van der Waals surface area contributed by atoms with Gasteiger partial charge in [-0.3, -0.25) is 9.00 Å². The number of esters is 1. The second-order valence-electron chi connectivity index (χ2n) is 4.44. The standard InChI is InChI=1S/C14H18O5S/c1-3-10(2)19-13(15)9-20(18)8-11-4-6-12(7-5-11)14(16)17/h4-7,10H,3,8-9H2,1-2H3,(H,16,17). The van der Waals surface area contributed by atoms with Crippen LogP contribution in [0.25, 0.3) is 0 Å². The number of carbonyl (C=O) groups is 2. The average molecular weight is 298 g/mol. The maximum Gasteiger partial charge on any atom is 0.335 e. The van der Waals surface area contributed by atoms with Crippen LogP contribution in [0.4, 0.5) is 0 Å². The molecule has 0 aliphatic carbocycles. The van der Waals surface area contributed by atoms with E-state index in [2.05, 4.69) is 0 Å². The molecule has 0 fully saturated rings. The molecule has 0 aliphatic rings. The first-order valence-electron chi connectivity index (χ1n) is 6.29. The molecule has 2 atom stereocenters. The second kappa shape index (κ2) is 7.79. The number of carbonyl (C=O) groups excluding carboxylic acids is 1. The lowest BCUT2D eigenvalue weighted by Crippen LogP contribution is -2.20. The highest BCUT2D eigenvalue weighted by Crippen LogP contribution is 2.08. The lowest BCUT2D eigenvalue weighted by Gasteiger charge is -2.10. The van der Waals surface area contributed by atoms with Crippen molar-refractivity contribution in [3.05, 3.63) is 35.4 Å². The summed E-state index contributed by atoms with van der Waals surface area (Å²) in [6, 6.07) is 6.10. The molecule has 0 saturated heterocycles. The summed E-state index contributed by atoms with van der Waals surface area (Å²) >= 11 is 0. The van der Waals surface area contributed by atoms with Crippen molar-refractivity contribution in [1.82, 2.24) is 0 Å². The molecule has 0 aromatic heterocycles. The van der Waals surface area contributed by atoms with Crippen molar-refractivity contribution >= 4 is 22.7 Å². The van der Waals surface area contributed by atoms with Crippen molar-refractivity contribution in [3.63, 3.8) is 0 Å². The van der Waals surface area contributed by atoms with Crippen LogP contribution in [0.5, 0.6) is 0 Å². The highest BCUT2D eigenvalue weighted by molar-refractivity contribution is 7.84. The first-order chi connectivity index (χ1) is 9.42. The van der Waals surface area contributed by atoms with Crippen molar-refractivity contribution in [2.45, 2.75) is 32.1 Å². The van der Waals surface area contributed by atoms with Crippen LogP contribution in [-0.4, -0.2) is 33.1 Å². The van der Waals surface area contributed by atoms with Gasteiger partial charge in [0.25, 0.3) is 0 Å². The van der Waals surface area contributed by atoms with Crippen LogP contribution in [0.15, 0.2) is 24.3 Å². The Bertz CT molecular complexity index is 495. The molecule has 1 aromatic carbocycles. The van der Waals surface area contributed by atoms with Crippen LogP contribution in [0.3, 0.4) is 0 Å². The maximum absolute atomic E-state index is 11.8. The monoisotopic (exact) mass is 298 g/mol. The summed E-state index contributed by atoms with van der Waals surface area (Å²) in [5.41, 5.74) is 0.903. The van der Waals surface area contributed by atoms with Gasteiger partial charge in [0.05, 0.1) is 11.7 Å². The summed E-state index contributed by atoms with van der Waals surface area (Å²) in [6.07, 6.45) is 0.545. The summed E-state index contributed by atoms with van der Waals surface area (Å²) in [5.74, 6) is -1.42. The minimum absolute atomic E-state index is 0.148. The molecule has 0 radical (unpaired) electrons. The van der Waals surface area contributed by atoms with E-state index in [1.165, 1.54) is 12.1 Å². The van der Waals surface area contributed by atoms with Gasteiger partial charge in [-0.05, 0) is 31.0 Å². The van der Waals surface area contributed by atoms with Crippen molar-refractivity contribution in [2.75, 3.05) is 5.75 Å². The molecule has 0 aliphatic heterocycles. The van der Waals surface area contributed by atoms with Gasteiger partial charge >= 0.3 is 11.9 Å². The molecule has 1 rings (SSSR count). The van der Waals surface area contributed by atoms with E-state index in [0.29, 0.717) is 0 Å². The Morgan fingerprint density at radius 2 is 1.90 bits per heavy atom.